The van der Waals surface area contributed by atoms with Gasteiger partial charge in [0.2, 0.25) is 10.0 Å². The van der Waals surface area contributed by atoms with Crippen molar-refractivity contribution in [2.45, 2.75) is 31.0 Å². The minimum atomic E-state index is -3.50. The number of nitrogens with zero attached hydrogens (tertiary/aromatic N) is 1. The average molecular weight is 303 g/mol. The van der Waals surface area contributed by atoms with E-state index in [1.807, 2.05) is 24.3 Å². The number of sulfonamides is 1. The van der Waals surface area contributed by atoms with Gasteiger partial charge < -0.3 is 5.11 Å². The molecule has 21 heavy (non-hydrogen) atoms. The van der Waals surface area contributed by atoms with Gasteiger partial charge in [-0.05, 0) is 35.7 Å². The Labute approximate surface area is 124 Å². The van der Waals surface area contributed by atoms with Crippen molar-refractivity contribution in [3.63, 3.8) is 0 Å². The van der Waals surface area contributed by atoms with E-state index in [0.29, 0.717) is 18.7 Å². The molecule has 1 atom stereocenters. The Bertz CT molecular complexity index is 726. The summed E-state index contributed by atoms with van der Waals surface area (Å²) in [6.07, 6.45) is -0.599. The maximum Gasteiger partial charge on any atom is 0.243 e. The van der Waals surface area contributed by atoms with Crippen LogP contribution in [0.25, 0.3) is 0 Å². The molecule has 1 heterocycles. The number of hydrogen-bond donors (Lipinski definition) is 1. The molecule has 0 fully saturated rings. The van der Waals surface area contributed by atoms with Crippen LogP contribution in [-0.2, 0) is 23.1 Å². The highest BCUT2D eigenvalue weighted by molar-refractivity contribution is 7.89. The van der Waals surface area contributed by atoms with Crippen LogP contribution >= 0.6 is 0 Å². The van der Waals surface area contributed by atoms with Crippen LogP contribution in [0.1, 0.15) is 29.7 Å². The number of rotatable bonds is 3. The summed E-state index contributed by atoms with van der Waals surface area (Å²) in [5.74, 6) is 0. The van der Waals surface area contributed by atoms with Crippen molar-refractivity contribution in [3.8, 4) is 0 Å². The molecule has 3 rings (SSSR count). The van der Waals surface area contributed by atoms with Crippen molar-refractivity contribution in [1.29, 1.82) is 0 Å². The molecule has 0 radical (unpaired) electrons. The Morgan fingerprint density at radius 1 is 1.00 bits per heavy atom. The fraction of sp³-hybridized carbons (Fsp3) is 0.250. The SMILES string of the molecule is CC(O)c1ccc(S(=O)(=O)N2Cc3ccccc3C2)cc1. The van der Waals surface area contributed by atoms with Gasteiger partial charge in [0.05, 0.1) is 11.0 Å². The minimum absolute atomic E-state index is 0.264. The van der Waals surface area contributed by atoms with Crippen LogP contribution in [0.3, 0.4) is 0 Å². The van der Waals surface area contributed by atoms with Crippen molar-refractivity contribution >= 4 is 10.0 Å². The Balaban J connectivity index is 1.88. The molecular weight excluding hydrogens is 286 g/mol. The first-order valence-corrected chi connectivity index (χ1v) is 8.27. The lowest BCUT2D eigenvalue weighted by Gasteiger charge is -2.16. The molecule has 0 aliphatic carbocycles. The zero-order valence-electron chi connectivity index (χ0n) is 11.7. The summed E-state index contributed by atoms with van der Waals surface area (Å²) in [4.78, 5) is 0.264. The van der Waals surface area contributed by atoms with Crippen LogP contribution in [0, 0.1) is 0 Å². The summed E-state index contributed by atoms with van der Waals surface area (Å²) in [6.45, 7) is 2.48. The first kappa shape index (κ1) is 14.3. The van der Waals surface area contributed by atoms with Gasteiger partial charge in [0.1, 0.15) is 0 Å². The van der Waals surface area contributed by atoms with Crippen LogP contribution < -0.4 is 0 Å². The normalized spacial score (nSPS) is 16.7. The molecule has 1 aliphatic heterocycles. The van der Waals surface area contributed by atoms with Crippen molar-refractivity contribution in [1.82, 2.24) is 4.31 Å². The highest BCUT2D eigenvalue weighted by Gasteiger charge is 2.30. The molecular formula is C16H17NO3S. The third-order valence-corrected chi connectivity index (χ3v) is 5.62. The first-order chi connectivity index (χ1) is 9.98. The van der Waals surface area contributed by atoms with E-state index in [-0.39, 0.29) is 4.90 Å². The van der Waals surface area contributed by atoms with Gasteiger partial charge >= 0.3 is 0 Å². The van der Waals surface area contributed by atoms with Gasteiger partial charge in [-0.25, -0.2) is 8.42 Å². The van der Waals surface area contributed by atoms with Crippen LogP contribution in [-0.4, -0.2) is 17.8 Å². The van der Waals surface area contributed by atoms with Crippen molar-refractivity contribution < 1.29 is 13.5 Å². The number of hydrogen-bond acceptors (Lipinski definition) is 3. The highest BCUT2D eigenvalue weighted by atomic mass is 32.2. The fourth-order valence-corrected chi connectivity index (χ4v) is 3.94. The largest absolute Gasteiger partial charge is 0.389 e. The van der Waals surface area contributed by atoms with Gasteiger partial charge in [0, 0.05) is 13.1 Å². The molecule has 2 aromatic rings. The van der Waals surface area contributed by atoms with Gasteiger partial charge in [0.25, 0.3) is 0 Å². The summed E-state index contributed by atoms with van der Waals surface area (Å²) in [7, 11) is -3.50. The van der Waals surface area contributed by atoms with Crippen LogP contribution in [0.15, 0.2) is 53.4 Å². The van der Waals surface area contributed by atoms with Gasteiger partial charge in [0.15, 0.2) is 0 Å². The summed E-state index contributed by atoms with van der Waals surface area (Å²) in [5, 5.41) is 9.49. The fourth-order valence-electron chi connectivity index (χ4n) is 2.54. The van der Waals surface area contributed by atoms with Crippen molar-refractivity contribution in [2.24, 2.45) is 0 Å². The monoisotopic (exact) mass is 303 g/mol. The number of benzene rings is 2. The zero-order chi connectivity index (χ0) is 15.0. The summed E-state index contributed by atoms with van der Waals surface area (Å²) < 4.78 is 26.8. The standard InChI is InChI=1S/C16H17NO3S/c1-12(18)13-6-8-16(9-7-13)21(19,20)17-10-14-4-2-3-5-15(14)11-17/h2-9,12,18H,10-11H2,1H3. The third kappa shape index (κ3) is 2.60. The molecule has 0 saturated heterocycles. The lowest BCUT2D eigenvalue weighted by atomic mass is 10.1. The Hall–Kier alpha value is -1.69. The molecule has 0 spiro atoms. The summed E-state index contributed by atoms with van der Waals surface area (Å²) in [5.41, 5.74) is 2.82. The summed E-state index contributed by atoms with van der Waals surface area (Å²) >= 11 is 0. The van der Waals surface area contributed by atoms with Gasteiger partial charge in [-0.2, -0.15) is 4.31 Å². The smallest absolute Gasteiger partial charge is 0.243 e. The van der Waals surface area contributed by atoms with Crippen LogP contribution in [0.5, 0.6) is 0 Å². The molecule has 2 aromatic carbocycles. The first-order valence-electron chi connectivity index (χ1n) is 6.83. The van der Waals surface area contributed by atoms with E-state index in [4.69, 9.17) is 0 Å². The number of aliphatic hydroxyl groups excluding tert-OH is 1. The van der Waals surface area contributed by atoms with Crippen LogP contribution in [0.2, 0.25) is 0 Å². The van der Waals surface area contributed by atoms with E-state index >= 15 is 0 Å². The second-order valence-corrected chi connectivity index (χ2v) is 7.22. The van der Waals surface area contributed by atoms with E-state index in [0.717, 1.165) is 11.1 Å². The molecule has 1 aliphatic rings. The quantitative estimate of drug-likeness (QED) is 0.947. The number of aliphatic hydroxyl groups is 1. The van der Waals surface area contributed by atoms with Gasteiger partial charge in [-0.15, -0.1) is 0 Å². The van der Waals surface area contributed by atoms with Crippen molar-refractivity contribution in [3.05, 3.63) is 65.2 Å². The number of fused-ring (bicyclic) bond motifs is 1. The lowest BCUT2D eigenvalue weighted by Crippen LogP contribution is -2.25. The highest BCUT2D eigenvalue weighted by Crippen LogP contribution is 2.28. The van der Waals surface area contributed by atoms with E-state index < -0.39 is 16.1 Å². The third-order valence-electron chi connectivity index (χ3n) is 3.81. The van der Waals surface area contributed by atoms with Gasteiger partial charge in [-0.3, -0.25) is 0 Å². The topological polar surface area (TPSA) is 57.6 Å². The van der Waals surface area contributed by atoms with E-state index in [9.17, 15) is 13.5 Å². The zero-order valence-corrected chi connectivity index (χ0v) is 12.5. The molecule has 0 saturated carbocycles. The molecule has 1 N–H and O–H groups in total. The maximum atomic E-state index is 12.6. The van der Waals surface area contributed by atoms with Crippen molar-refractivity contribution in [2.75, 3.05) is 0 Å². The van der Waals surface area contributed by atoms with E-state index in [2.05, 4.69) is 0 Å². The average Bonchev–Trinajstić information content (AvgIpc) is 2.92. The Morgan fingerprint density at radius 2 is 1.52 bits per heavy atom. The van der Waals surface area contributed by atoms with E-state index in [1.54, 1.807) is 31.2 Å². The lowest BCUT2D eigenvalue weighted by molar-refractivity contribution is 0.199. The molecule has 0 bridgehead atoms. The second-order valence-electron chi connectivity index (χ2n) is 5.29. The Morgan fingerprint density at radius 3 is 2.00 bits per heavy atom. The minimum Gasteiger partial charge on any atom is -0.389 e. The maximum absolute atomic E-state index is 12.6. The van der Waals surface area contributed by atoms with Gasteiger partial charge in [-0.1, -0.05) is 36.4 Å². The molecule has 5 heteroatoms. The molecule has 0 aromatic heterocycles. The second kappa shape index (κ2) is 5.26. The van der Waals surface area contributed by atoms with E-state index in [1.165, 1.54) is 4.31 Å². The Kier molecular flexibility index (Phi) is 3.57. The summed E-state index contributed by atoms with van der Waals surface area (Å²) in [6, 6.07) is 14.2. The predicted molar refractivity (Wildman–Crippen MR) is 80.0 cm³/mol. The predicted octanol–water partition coefficient (Wildman–Crippen LogP) is 2.44. The molecule has 4 nitrogen and oxygen atoms in total. The molecule has 0 amide bonds. The van der Waals surface area contributed by atoms with Crippen LogP contribution in [0.4, 0.5) is 0 Å². The molecule has 1 unspecified atom stereocenters. The molecule has 110 valence electrons.